The highest BCUT2D eigenvalue weighted by atomic mass is 16.7. The molecule has 1 aliphatic heterocycles. The Hall–Kier alpha value is -1.92. The van der Waals surface area contributed by atoms with E-state index in [-0.39, 0.29) is 47.9 Å². The van der Waals surface area contributed by atoms with E-state index in [4.69, 9.17) is 9.94 Å². The Balaban J connectivity index is 2.21. The summed E-state index contributed by atoms with van der Waals surface area (Å²) in [5.74, 6) is -0.762. The molecule has 0 spiro atoms. The average Bonchev–Trinajstić information content (AvgIpc) is 2.75. The molecule has 2 N–H and O–H groups in total. The van der Waals surface area contributed by atoms with E-state index in [1.165, 1.54) is 0 Å². The molecule has 1 aromatic rings. The molecule has 0 aliphatic carbocycles. The van der Waals surface area contributed by atoms with Crippen LogP contribution in [0.3, 0.4) is 0 Å². The summed E-state index contributed by atoms with van der Waals surface area (Å²) < 4.78 is 0. The van der Waals surface area contributed by atoms with Crippen LogP contribution >= 0.6 is 0 Å². The van der Waals surface area contributed by atoms with E-state index >= 15 is 0 Å². The van der Waals surface area contributed by atoms with Gasteiger partial charge < -0.3 is 10.4 Å². The number of hydrogen-bond donors (Lipinski definition) is 2. The Kier molecular flexibility index (Phi) is 8.66. The Morgan fingerprint density at radius 3 is 2.39 bits per heavy atom. The lowest BCUT2D eigenvalue weighted by molar-refractivity contribution is -0.327. The van der Waals surface area contributed by atoms with Crippen LogP contribution in [0.5, 0.6) is 0 Å². The maximum absolute atomic E-state index is 12.5. The molecule has 1 heterocycles. The Morgan fingerprint density at radius 2 is 1.84 bits per heavy atom. The number of piperidine rings is 1. The molecule has 1 aliphatic rings. The standard InChI is InChI=1S/C25H40N2O4/c1-7-24(5)17-21(26-22(28)15-12-16-23(29)30)18(3)25(6,8-2)27(24)31-19(4)20-13-10-9-11-14-20/h9-11,13-14,18-19,21H,7-8,12,15-17H2,1-6H3,(H,26,28)(H,29,30). The fourth-order valence-corrected chi connectivity index (χ4v) is 4.77. The first-order chi connectivity index (χ1) is 14.6. The SMILES string of the molecule is CCC1(C)CC(NC(=O)CCCC(=O)O)C(C)C(C)(CC)N1OC(C)c1ccccc1. The molecular formula is C25H40N2O4. The van der Waals surface area contributed by atoms with Gasteiger partial charge in [0.15, 0.2) is 0 Å². The van der Waals surface area contributed by atoms with Crippen LogP contribution in [0.2, 0.25) is 0 Å². The fourth-order valence-electron chi connectivity index (χ4n) is 4.77. The summed E-state index contributed by atoms with van der Waals surface area (Å²) in [4.78, 5) is 29.9. The van der Waals surface area contributed by atoms with Crippen LogP contribution in [0, 0.1) is 5.92 Å². The first kappa shape index (κ1) is 25.3. The predicted octanol–water partition coefficient (Wildman–Crippen LogP) is 5.10. The zero-order valence-corrected chi connectivity index (χ0v) is 20.0. The van der Waals surface area contributed by atoms with Gasteiger partial charge in [-0.05, 0) is 57.9 Å². The number of hydroxylamine groups is 2. The van der Waals surface area contributed by atoms with Gasteiger partial charge in [-0.15, -0.1) is 0 Å². The van der Waals surface area contributed by atoms with Gasteiger partial charge in [0.25, 0.3) is 0 Å². The van der Waals surface area contributed by atoms with E-state index in [9.17, 15) is 9.59 Å². The van der Waals surface area contributed by atoms with Crippen LogP contribution in [0.15, 0.2) is 30.3 Å². The van der Waals surface area contributed by atoms with E-state index in [1.807, 2.05) is 18.2 Å². The van der Waals surface area contributed by atoms with Crippen LogP contribution in [0.4, 0.5) is 0 Å². The number of carboxylic acids is 1. The predicted molar refractivity (Wildman–Crippen MR) is 122 cm³/mol. The van der Waals surface area contributed by atoms with E-state index < -0.39 is 5.97 Å². The maximum atomic E-state index is 12.5. The van der Waals surface area contributed by atoms with Crippen molar-refractivity contribution >= 4 is 11.9 Å². The molecule has 6 nitrogen and oxygen atoms in total. The molecule has 0 saturated carbocycles. The molecule has 1 saturated heterocycles. The number of carbonyl (C=O) groups is 2. The molecule has 0 bridgehead atoms. The lowest BCUT2D eigenvalue weighted by Crippen LogP contribution is -2.70. The number of carboxylic acid groups (broad SMARTS) is 1. The Labute approximate surface area is 187 Å². The van der Waals surface area contributed by atoms with E-state index in [0.717, 1.165) is 24.8 Å². The molecular weight excluding hydrogens is 392 g/mol. The summed E-state index contributed by atoms with van der Waals surface area (Å²) in [6.07, 6.45) is 3.11. The second kappa shape index (κ2) is 10.6. The van der Waals surface area contributed by atoms with Gasteiger partial charge in [0.1, 0.15) is 6.10 Å². The van der Waals surface area contributed by atoms with Gasteiger partial charge in [-0.1, -0.05) is 51.1 Å². The molecule has 0 aromatic heterocycles. The number of rotatable bonds is 10. The van der Waals surface area contributed by atoms with Gasteiger partial charge in [0.2, 0.25) is 5.91 Å². The van der Waals surface area contributed by atoms with Crippen molar-refractivity contribution in [1.82, 2.24) is 10.4 Å². The fraction of sp³-hybridized carbons (Fsp3) is 0.680. The monoisotopic (exact) mass is 432 g/mol. The largest absolute Gasteiger partial charge is 0.481 e. The van der Waals surface area contributed by atoms with Gasteiger partial charge in [-0.3, -0.25) is 14.4 Å². The van der Waals surface area contributed by atoms with Crippen molar-refractivity contribution in [3.63, 3.8) is 0 Å². The number of nitrogens with zero attached hydrogens (tertiary/aromatic N) is 1. The third-order valence-corrected chi connectivity index (χ3v) is 7.35. The summed E-state index contributed by atoms with van der Waals surface area (Å²) in [5.41, 5.74) is 0.644. The highest BCUT2D eigenvalue weighted by Crippen LogP contribution is 2.47. The smallest absolute Gasteiger partial charge is 0.303 e. The summed E-state index contributed by atoms with van der Waals surface area (Å²) >= 11 is 0. The molecule has 0 radical (unpaired) electrons. The molecule has 31 heavy (non-hydrogen) atoms. The summed E-state index contributed by atoms with van der Waals surface area (Å²) in [6.45, 7) is 13.1. The minimum absolute atomic E-state index is 0.0131. The van der Waals surface area contributed by atoms with Crippen LogP contribution in [0.25, 0.3) is 0 Å². The number of aliphatic carboxylic acids is 1. The minimum Gasteiger partial charge on any atom is -0.481 e. The summed E-state index contributed by atoms with van der Waals surface area (Å²) in [7, 11) is 0. The van der Waals surface area contributed by atoms with Crippen molar-refractivity contribution in [2.75, 3.05) is 0 Å². The van der Waals surface area contributed by atoms with Crippen molar-refractivity contribution < 1.29 is 19.5 Å². The number of hydrogen-bond acceptors (Lipinski definition) is 4. The number of amides is 1. The van der Waals surface area contributed by atoms with Gasteiger partial charge >= 0.3 is 5.97 Å². The van der Waals surface area contributed by atoms with Gasteiger partial charge in [-0.2, -0.15) is 5.06 Å². The Morgan fingerprint density at radius 1 is 1.19 bits per heavy atom. The summed E-state index contributed by atoms with van der Waals surface area (Å²) in [5, 5.41) is 14.3. The quantitative estimate of drug-likeness (QED) is 0.538. The molecule has 5 atom stereocenters. The molecule has 1 amide bonds. The number of nitrogens with one attached hydrogen (secondary N) is 1. The topological polar surface area (TPSA) is 78.9 Å². The minimum atomic E-state index is -0.865. The molecule has 174 valence electrons. The van der Waals surface area contributed by atoms with E-state index in [0.29, 0.717) is 6.42 Å². The second-order valence-corrected chi connectivity index (χ2v) is 9.43. The molecule has 5 unspecified atom stereocenters. The van der Waals surface area contributed by atoms with Gasteiger partial charge in [0.05, 0.1) is 0 Å². The molecule has 1 fully saturated rings. The van der Waals surface area contributed by atoms with Crippen LogP contribution in [-0.4, -0.2) is 39.2 Å². The van der Waals surface area contributed by atoms with Crippen LogP contribution < -0.4 is 5.32 Å². The van der Waals surface area contributed by atoms with Crippen molar-refractivity contribution in [1.29, 1.82) is 0 Å². The van der Waals surface area contributed by atoms with E-state index in [2.05, 4.69) is 64.1 Å². The molecule has 2 rings (SSSR count). The number of carbonyl (C=O) groups excluding carboxylic acids is 1. The summed E-state index contributed by atoms with van der Waals surface area (Å²) in [6, 6.07) is 10.3. The third-order valence-electron chi connectivity index (χ3n) is 7.35. The van der Waals surface area contributed by atoms with Crippen molar-refractivity contribution in [2.45, 2.75) is 103 Å². The van der Waals surface area contributed by atoms with Gasteiger partial charge in [-0.25, -0.2) is 0 Å². The zero-order chi connectivity index (χ0) is 23.2. The van der Waals surface area contributed by atoms with Crippen molar-refractivity contribution in [3.8, 4) is 0 Å². The molecule has 1 aromatic carbocycles. The average molecular weight is 433 g/mol. The first-order valence-corrected chi connectivity index (χ1v) is 11.6. The highest BCUT2D eigenvalue weighted by Gasteiger charge is 2.54. The van der Waals surface area contributed by atoms with Gasteiger partial charge in [0, 0.05) is 30.0 Å². The zero-order valence-electron chi connectivity index (χ0n) is 20.0. The lowest BCUT2D eigenvalue weighted by atomic mass is 9.68. The first-order valence-electron chi connectivity index (χ1n) is 11.6. The third kappa shape index (κ3) is 5.86. The van der Waals surface area contributed by atoms with Crippen LogP contribution in [-0.2, 0) is 14.4 Å². The van der Waals surface area contributed by atoms with Crippen molar-refractivity contribution in [2.24, 2.45) is 5.92 Å². The second-order valence-electron chi connectivity index (χ2n) is 9.43. The lowest BCUT2D eigenvalue weighted by Gasteiger charge is -2.60. The maximum Gasteiger partial charge on any atom is 0.303 e. The molecule has 6 heteroatoms. The highest BCUT2D eigenvalue weighted by molar-refractivity contribution is 5.77. The van der Waals surface area contributed by atoms with E-state index in [1.54, 1.807) is 0 Å². The normalized spacial score (nSPS) is 30.0. The van der Waals surface area contributed by atoms with Crippen molar-refractivity contribution in [3.05, 3.63) is 35.9 Å². The Bertz CT molecular complexity index is 740. The van der Waals surface area contributed by atoms with Crippen LogP contribution in [0.1, 0.15) is 91.7 Å². The number of benzene rings is 1.